The van der Waals surface area contributed by atoms with E-state index in [2.05, 4.69) is 19.1 Å². The Morgan fingerprint density at radius 3 is 2.81 bits per heavy atom. The second-order valence-corrected chi connectivity index (χ2v) is 7.19. The van der Waals surface area contributed by atoms with E-state index in [1.807, 2.05) is 11.0 Å². The molecule has 1 saturated carbocycles. The molecule has 1 aromatic rings. The van der Waals surface area contributed by atoms with Crippen LogP contribution < -0.4 is 0 Å². The summed E-state index contributed by atoms with van der Waals surface area (Å²) in [6, 6.07) is 6.15. The van der Waals surface area contributed by atoms with Crippen LogP contribution >= 0.6 is 0 Å². The monoisotopic (exact) mass is 285 g/mol. The topological polar surface area (TPSA) is 40.5 Å². The molecule has 3 aliphatic rings. The number of aliphatic hydroxyl groups is 1. The molecule has 2 aliphatic carbocycles. The molecule has 4 rings (SSSR count). The van der Waals surface area contributed by atoms with Gasteiger partial charge in [-0.2, -0.15) is 0 Å². The van der Waals surface area contributed by atoms with Gasteiger partial charge in [-0.3, -0.25) is 4.79 Å². The summed E-state index contributed by atoms with van der Waals surface area (Å²) < 4.78 is 0. The maximum Gasteiger partial charge on any atom is 0.253 e. The summed E-state index contributed by atoms with van der Waals surface area (Å²) >= 11 is 0. The van der Waals surface area contributed by atoms with E-state index >= 15 is 0 Å². The van der Waals surface area contributed by atoms with Gasteiger partial charge in [-0.25, -0.2) is 0 Å². The zero-order chi connectivity index (χ0) is 14.6. The minimum atomic E-state index is -0.646. The van der Waals surface area contributed by atoms with E-state index < -0.39 is 5.60 Å². The normalized spacial score (nSPS) is 31.5. The highest BCUT2D eigenvalue weighted by molar-refractivity contribution is 5.94. The van der Waals surface area contributed by atoms with Crippen LogP contribution in [-0.4, -0.2) is 34.6 Å². The van der Waals surface area contributed by atoms with Crippen molar-refractivity contribution in [2.45, 2.75) is 44.6 Å². The number of carbonyl (C=O) groups is 1. The molecule has 112 valence electrons. The minimum Gasteiger partial charge on any atom is -0.387 e. The second kappa shape index (κ2) is 4.57. The van der Waals surface area contributed by atoms with Crippen LogP contribution in [0.5, 0.6) is 0 Å². The summed E-state index contributed by atoms with van der Waals surface area (Å²) in [6.45, 7) is 3.27. The number of nitrogens with zero attached hydrogens (tertiary/aromatic N) is 1. The lowest BCUT2D eigenvalue weighted by atomic mass is 9.88. The van der Waals surface area contributed by atoms with Crippen LogP contribution in [0.4, 0.5) is 0 Å². The highest BCUT2D eigenvalue weighted by Gasteiger charge is 2.53. The van der Waals surface area contributed by atoms with Gasteiger partial charge in [0.2, 0.25) is 0 Å². The van der Waals surface area contributed by atoms with E-state index in [0.717, 1.165) is 31.2 Å². The van der Waals surface area contributed by atoms with Crippen LogP contribution in [0.1, 0.15) is 47.7 Å². The Kier molecular flexibility index (Phi) is 2.90. The average molecular weight is 285 g/mol. The molecule has 3 heteroatoms. The first kappa shape index (κ1) is 13.3. The number of rotatable bonds is 2. The lowest BCUT2D eigenvalue weighted by Crippen LogP contribution is -2.40. The Balaban J connectivity index is 1.55. The van der Waals surface area contributed by atoms with Crippen LogP contribution in [0.15, 0.2) is 18.2 Å². The van der Waals surface area contributed by atoms with Gasteiger partial charge < -0.3 is 10.0 Å². The zero-order valence-corrected chi connectivity index (χ0v) is 12.6. The molecule has 1 saturated heterocycles. The number of likely N-dealkylation sites (tertiary alicyclic amines) is 1. The summed E-state index contributed by atoms with van der Waals surface area (Å²) in [5.41, 5.74) is 2.89. The van der Waals surface area contributed by atoms with Crippen molar-refractivity contribution in [2.24, 2.45) is 11.8 Å². The SMILES string of the molecule is C[C@@H]1CN(C(=O)c2ccc3c(c2)CCC3)C[C@@]1(O)C1CC1. The molecular weight excluding hydrogens is 262 g/mol. The third kappa shape index (κ3) is 2.10. The fourth-order valence-electron chi connectivity index (χ4n) is 4.17. The molecule has 2 atom stereocenters. The maximum atomic E-state index is 12.7. The van der Waals surface area contributed by atoms with E-state index in [1.54, 1.807) is 0 Å². The predicted octanol–water partition coefficient (Wildman–Crippen LogP) is 2.41. The van der Waals surface area contributed by atoms with Gasteiger partial charge in [0.25, 0.3) is 5.91 Å². The molecule has 0 spiro atoms. The molecule has 1 N–H and O–H groups in total. The van der Waals surface area contributed by atoms with Crippen molar-refractivity contribution in [3.8, 4) is 0 Å². The molecule has 21 heavy (non-hydrogen) atoms. The number of hydrogen-bond acceptors (Lipinski definition) is 2. The van der Waals surface area contributed by atoms with Gasteiger partial charge in [-0.15, -0.1) is 0 Å². The molecule has 2 fully saturated rings. The highest BCUT2D eigenvalue weighted by atomic mass is 16.3. The van der Waals surface area contributed by atoms with Crippen LogP contribution in [0.3, 0.4) is 0 Å². The first-order valence-electron chi connectivity index (χ1n) is 8.21. The quantitative estimate of drug-likeness (QED) is 0.906. The van der Waals surface area contributed by atoms with Crippen molar-refractivity contribution in [1.82, 2.24) is 4.90 Å². The molecule has 3 nitrogen and oxygen atoms in total. The standard InChI is InChI=1S/C18H23NO2/c1-12-10-19(11-18(12,21)16-7-8-16)17(20)15-6-5-13-3-2-4-14(13)9-15/h5-6,9,12,16,21H,2-4,7-8,10-11H2,1H3/t12-,18+/m1/s1. The van der Waals surface area contributed by atoms with E-state index in [9.17, 15) is 9.90 Å². The second-order valence-electron chi connectivity index (χ2n) is 7.19. The number of β-amino-alcohol motifs (C(OH)–C–C–N with tert-alkyl or cyclic N) is 1. The fraction of sp³-hybridized carbons (Fsp3) is 0.611. The van der Waals surface area contributed by atoms with Crippen LogP contribution in [0, 0.1) is 11.8 Å². The number of carbonyl (C=O) groups excluding carboxylic acids is 1. The largest absolute Gasteiger partial charge is 0.387 e. The van der Waals surface area contributed by atoms with Gasteiger partial charge in [0, 0.05) is 18.0 Å². The summed E-state index contributed by atoms with van der Waals surface area (Å²) in [5, 5.41) is 10.8. The van der Waals surface area contributed by atoms with Gasteiger partial charge in [0.15, 0.2) is 0 Å². The summed E-state index contributed by atoms with van der Waals surface area (Å²) in [7, 11) is 0. The Morgan fingerprint density at radius 2 is 2.05 bits per heavy atom. The fourth-order valence-corrected chi connectivity index (χ4v) is 4.17. The lowest BCUT2D eigenvalue weighted by molar-refractivity contribution is -0.00364. The van der Waals surface area contributed by atoms with Crippen molar-refractivity contribution in [3.63, 3.8) is 0 Å². The Bertz CT molecular complexity index is 593. The van der Waals surface area contributed by atoms with E-state index in [-0.39, 0.29) is 11.8 Å². The van der Waals surface area contributed by atoms with Crippen molar-refractivity contribution in [1.29, 1.82) is 0 Å². The van der Waals surface area contributed by atoms with Crippen molar-refractivity contribution < 1.29 is 9.90 Å². The minimum absolute atomic E-state index is 0.0909. The van der Waals surface area contributed by atoms with Gasteiger partial charge in [0.05, 0.1) is 12.1 Å². The van der Waals surface area contributed by atoms with Crippen LogP contribution in [0.2, 0.25) is 0 Å². The Morgan fingerprint density at radius 1 is 1.29 bits per heavy atom. The van der Waals surface area contributed by atoms with Crippen molar-refractivity contribution >= 4 is 5.91 Å². The first-order valence-corrected chi connectivity index (χ1v) is 8.21. The molecule has 0 aromatic heterocycles. The predicted molar refractivity (Wildman–Crippen MR) is 81.2 cm³/mol. The van der Waals surface area contributed by atoms with Gasteiger partial charge in [0.1, 0.15) is 0 Å². The number of aryl methyl sites for hydroxylation is 2. The molecule has 0 radical (unpaired) electrons. The number of amides is 1. The van der Waals surface area contributed by atoms with Crippen molar-refractivity contribution in [3.05, 3.63) is 34.9 Å². The molecular formula is C18H23NO2. The Labute approximate surface area is 126 Å². The maximum absolute atomic E-state index is 12.7. The van der Waals surface area contributed by atoms with E-state index in [1.165, 1.54) is 17.5 Å². The third-order valence-corrected chi connectivity index (χ3v) is 5.71. The first-order chi connectivity index (χ1) is 10.1. The number of fused-ring (bicyclic) bond motifs is 1. The third-order valence-electron chi connectivity index (χ3n) is 5.71. The smallest absolute Gasteiger partial charge is 0.253 e. The number of hydrogen-bond donors (Lipinski definition) is 1. The summed E-state index contributed by atoms with van der Waals surface area (Å²) in [5.74, 6) is 0.682. The molecule has 0 unspecified atom stereocenters. The zero-order valence-electron chi connectivity index (χ0n) is 12.6. The summed E-state index contributed by atoms with van der Waals surface area (Å²) in [4.78, 5) is 14.6. The molecule has 1 aliphatic heterocycles. The molecule has 1 heterocycles. The average Bonchev–Trinajstić information content (AvgIpc) is 3.16. The van der Waals surface area contributed by atoms with Gasteiger partial charge in [-0.05, 0) is 61.3 Å². The molecule has 1 amide bonds. The lowest BCUT2D eigenvalue weighted by Gasteiger charge is -2.26. The number of benzene rings is 1. The van der Waals surface area contributed by atoms with Gasteiger partial charge >= 0.3 is 0 Å². The summed E-state index contributed by atoms with van der Waals surface area (Å²) in [6.07, 6.45) is 5.67. The van der Waals surface area contributed by atoms with Crippen LogP contribution in [0.25, 0.3) is 0 Å². The highest BCUT2D eigenvalue weighted by Crippen LogP contribution is 2.47. The van der Waals surface area contributed by atoms with Crippen molar-refractivity contribution in [2.75, 3.05) is 13.1 Å². The van der Waals surface area contributed by atoms with E-state index in [4.69, 9.17) is 0 Å². The van der Waals surface area contributed by atoms with Gasteiger partial charge in [-0.1, -0.05) is 13.0 Å². The van der Waals surface area contributed by atoms with Crippen LogP contribution in [-0.2, 0) is 12.8 Å². The Hall–Kier alpha value is -1.35. The van der Waals surface area contributed by atoms with E-state index in [0.29, 0.717) is 19.0 Å². The molecule has 1 aromatic carbocycles. The molecule has 0 bridgehead atoms.